The summed E-state index contributed by atoms with van der Waals surface area (Å²) >= 11 is 0. The van der Waals surface area contributed by atoms with Gasteiger partial charge in [0.05, 0.1) is 11.2 Å². The number of urea groups is 1. The van der Waals surface area contributed by atoms with Crippen molar-refractivity contribution in [2.24, 2.45) is 0 Å². The molecule has 0 aliphatic heterocycles. The van der Waals surface area contributed by atoms with Crippen molar-refractivity contribution < 1.29 is 27.5 Å². The van der Waals surface area contributed by atoms with Crippen molar-refractivity contribution in [3.05, 3.63) is 77.7 Å². The molecule has 1 saturated carbocycles. The number of halogens is 4. The summed E-state index contributed by atoms with van der Waals surface area (Å²) in [6, 6.07) is 11.2. The van der Waals surface area contributed by atoms with E-state index in [2.05, 4.69) is 15.6 Å². The predicted octanol–water partition coefficient (Wildman–Crippen LogP) is 5.92. The topological polar surface area (TPSA) is 74.2 Å². The molecule has 32 heavy (non-hydrogen) atoms. The predicted molar refractivity (Wildman–Crippen MR) is 111 cm³/mol. The fraction of sp³-hybridized carbons (Fsp3) is 0.217. The molecule has 0 unspecified atom stereocenters. The van der Waals surface area contributed by atoms with Gasteiger partial charge in [-0.05, 0) is 61.2 Å². The molecule has 2 amide bonds. The van der Waals surface area contributed by atoms with Crippen LogP contribution in [0.1, 0.15) is 30.4 Å². The van der Waals surface area contributed by atoms with E-state index >= 15 is 0 Å². The zero-order valence-corrected chi connectivity index (χ0v) is 16.7. The van der Waals surface area contributed by atoms with Gasteiger partial charge in [0.2, 0.25) is 0 Å². The van der Waals surface area contributed by atoms with Gasteiger partial charge in [-0.3, -0.25) is 5.32 Å². The van der Waals surface area contributed by atoms with Crippen LogP contribution in [0.5, 0.6) is 0 Å². The Morgan fingerprint density at radius 3 is 2.34 bits per heavy atom. The number of rotatable bonds is 4. The fourth-order valence-corrected chi connectivity index (χ4v) is 3.54. The molecule has 1 aliphatic rings. The highest BCUT2D eigenvalue weighted by Crippen LogP contribution is 2.42. The molecular formula is C23H19F4N3O2. The molecule has 4 rings (SSSR count). The number of carbonyl (C=O) groups is 1. The number of alkyl halides is 3. The molecule has 1 aromatic heterocycles. The van der Waals surface area contributed by atoms with Crippen LogP contribution >= 0.6 is 0 Å². The molecule has 3 aromatic rings. The third kappa shape index (κ3) is 4.57. The Balaban J connectivity index is 1.42. The number of aromatic nitrogens is 1. The van der Waals surface area contributed by atoms with E-state index in [0.717, 1.165) is 18.6 Å². The quantitative estimate of drug-likeness (QED) is 0.437. The lowest BCUT2D eigenvalue weighted by Gasteiger charge is -2.37. The first-order chi connectivity index (χ1) is 15.1. The maximum atomic E-state index is 14.5. The van der Waals surface area contributed by atoms with Gasteiger partial charge in [0.15, 0.2) is 0 Å². The Hall–Kier alpha value is -3.46. The summed E-state index contributed by atoms with van der Waals surface area (Å²) in [4.78, 5) is 16.2. The summed E-state index contributed by atoms with van der Waals surface area (Å²) in [5, 5.41) is 15.1. The highest BCUT2D eigenvalue weighted by atomic mass is 19.4. The van der Waals surface area contributed by atoms with Crippen LogP contribution in [0.3, 0.4) is 0 Å². The molecule has 0 bridgehead atoms. The minimum Gasteiger partial charge on any atom is -0.385 e. The van der Waals surface area contributed by atoms with E-state index in [1.54, 1.807) is 18.2 Å². The van der Waals surface area contributed by atoms with E-state index in [1.165, 1.54) is 30.5 Å². The molecule has 166 valence electrons. The van der Waals surface area contributed by atoms with Gasteiger partial charge in [-0.25, -0.2) is 14.2 Å². The van der Waals surface area contributed by atoms with Crippen LogP contribution in [0.15, 0.2) is 60.8 Å². The average molecular weight is 445 g/mol. The van der Waals surface area contributed by atoms with E-state index in [0.29, 0.717) is 24.0 Å². The van der Waals surface area contributed by atoms with Crippen LogP contribution in [0, 0.1) is 5.82 Å². The molecule has 3 N–H and O–H groups in total. The van der Waals surface area contributed by atoms with Gasteiger partial charge < -0.3 is 10.4 Å². The summed E-state index contributed by atoms with van der Waals surface area (Å²) in [5.74, 6) is -0.327. The molecular weight excluding hydrogens is 426 g/mol. The maximum absolute atomic E-state index is 14.5. The number of hydrogen-bond acceptors (Lipinski definition) is 3. The van der Waals surface area contributed by atoms with Crippen LogP contribution in [-0.2, 0) is 11.8 Å². The Kier molecular flexibility index (Phi) is 5.60. The summed E-state index contributed by atoms with van der Waals surface area (Å²) in [6.07, 6.45) is -1.15. The van der Waals surface area contributed by atoms with Crippen LogP contribution in [-0.4, -0.2) is 16.1 Å². The minimum atomic E-state index is -4.52. The van der Waals surface area contributed by atoms with Gasteiger partial charge in [-0.2, -0.15) is 13.2 Å². The molecule has 1 aliphatic carbocycles. The summed E-state index contributed by atoms with van der Waals surface area (Å²) < 4.78 is 52.8. The van der Waals surface area contributed by atoms with Gasteiger partial charge in [0, 0.05) is 23.0 Å². The molecule has 1 heterocycles. The summed E-state index contributed by atoms with van der Waals surface area (Å²) in [6.45, 7) is 0. The van der Waals surface area contributed by atoms with E-state index in [-0.39, 0.29) is 17.1 Å². The van der Waals surface area contributed by atoms with Crippen molar-refractivity contribution >= 4 is 17.5 Å². The average Bonchev–Trinajstić information content (AvgIpc) is 2.72. The number of amides is 2. The monoisotopic (exact) mass is 445 g/mol. The Labute approximate surface area is 181 Å². The Morgan fingerprint density at radius 2 is 1.75 bits per heavy atom. The van der Waals surface area contributed by atoms with Crippen molar-refractivity contribution in [3.63, 3.8) is 0 Å². The number of benzene rings is 2. The van der Waals surface area contributed by atoms with E-state index in [9.17, 15) is 27.5 Å². The van der Waals surface area contributed by atoms with Crippen LogP contribution < -0.4 is 10.6 Å². The molecule has 0 saturated heterocycles. The van der Waals surface area contributed by atoms with Gasteiger partial charge in [-0.1, -0.05) is 18.2 Å². The van der Waals surface area contributed by atoms with Gasteiger partial charge >= 0.3 is 12.2 Å². The second kappa shape index (κ2) is 8.23. The standard InChI is InChI=1S/C23H19F4N3O2/c24-19-11-14(5-7-18(19)22(32)9-2-10-22)15-6-8-20(28-13-15)30-21(31)29-17-4-1-3-16(12-17)23(25,26)27/h1,3-8,11-13,32H,2,9-10H2,(H2,28,29,30,31). The number of carbonyl (C=O) groups excluding carboxylic acids is 1. The first-order valence-electron chi connectivity index (χ1n) is 9.88. The molecule has 0 atom stereocenters. The van der Waals surface area contributed by atoms with Crippen molar-refractivity contribution in [1.82, 2.24) is 4.98 Å². The van der Waals surface area contributed by atoms with Gasteiger partial charge in [0.1, 0.15) is 11.6 Å². The Bertz CT molecular complexity index is 1140. The maximum Gasteiger partial charge on any atom is 0.416 e. The minimum absolute atomic E-state index is 0.0161. The zero-order valence-electron chi connectivity index (χ0n) is 16.7. The summed E-state index contributed by atoms with van der Waals surface area (Å²) in [7, 11) is 0. The van der Waals surface area contributed by atoms with Gasteiger partial charge in [-0.15, -0.1) is 0 Å². The molecule has 1 fully saturated rings. The second-order valence-electron chi connectivity index (χ2n) is 7.67. The van der Waals surface area contributed by atoms with Crippen molar-refractivity contribution in [1.29, 1.82) is 0 Å². The molecule has 9 heteroatoms. The lowest BCUT2D eigenvalue weighted by molar-refractivity contribution is -0.137. The third-order valence-electron chi connectivity index (χ3n) is 5.44. The van der Waals surface area contributed by atoms with Gasteiger partial charge in [0.25, 0.3) is 0 Å². The highest BCUT2D eigenvalue weighted by Gasteiger charge is 2.38. The zero-order chi connectivity index (χ0) is 22.9. The van der Waals surface area contributed by atoms with E-state index < -0.39 is 29.2 Å². The summed E-state index contributed by atoms with van der Waals surface area (Å²) in [5.41, 5.74) is -0.550. The first kappa shape index (κ1) is 21.8. The normalized spacial score (nSPS) is 15.0. The molecule has 0 spiro atoms. The molecule has 5 nitrogen and oxygen atoms in total. The number of hydrogen-bond donors (Lipinski definition) is 3. The fourth-order valence-electron chi connectivity index (χ4n) is 3.54. The number of aliphatic hydroxyl groups is 1. The van der Waals surface area contributed by atoms with Crippen molar-refractivity contribution in [2.75, 3.05) is 10.6 Å². The number of pyridine rings is 1. The largest absolute Gasteiger partial charge is 0.416 e. The number of nitrogens with one attached hydrogen (secondary N) is 2. The highest BCUT2D eigenvalue weighted by molar-refractivity contribution is 5.99. The molecule has 2 aromatic carbocycles. The lowest BCUT2D eigenvalue weighted by atomic mass is 9.75. The molecule has 0 radical (unpaired) electrons. The van der Waals surface area contributed by atoms with E-state index in [4.69, 9.17) is 0 Å². The first-order valence-corrected chi connectivity index (χ1v) is 9.88. The smallest absolute Gasteiger partial charge is 0.385 e. The number of nitrogens with zero attached hydrogens (tertiary/aromatic N) is 1. The number of anilines is 2. The van der Waals surface area contributed by atoms with Crippen LogP contribution in [0.2, 0.25) is 0 Å². The second-order valence-corrected chi connectivity index (χ2v) is 7.67. The van der Waals surface area contributed by atoms with Crippen LogP contribution in [0.4, 0.5) is 33.9 Å². The van der Waals surface area contributed by atoms with Crippen LogP contribution in [0.25, 0.3) is 11.1 Å². The SMILES string of the molecule is O=C(Nc1cccc(C(F)(F)F)c1)Nc1ccc(-c2ccc(C3(O)CCC3)c(F)c2)cn1. The Morgan fingerprint density at radius 1 is 1.00 bits per heavy atom. The third-order valence-corrected chi connectivity index (χ3v) is 5.44. The van der Waals surface area contributed by atoms with Crippen molar-refractivity contribution in [3.8, 4) is 11.1 Å². The van der Waals surface area contributed by atoms with Crippen molar-refractivity contribution in [2.45, 2.75) is 31.0 Å². The van der Waals surface area contributed by atoms with E-state index in [1.807, 2.05) is 0 Å². The lowest BCUT2D eigenvalue weighted by Crippen LogP contribution is -2.34.